The van der Waals surface area contributed by atoms with E-state index in [2.05, 4.69) is 21.3 Å². The summed E-state index contributed by atoms with van der Waals surface area (Å²) in [6, 6.07) is 17.1. The highest BCUT2D eigenvalue weighted by Gasteiger charge is 2.33. The van der Waals surface area contributed by atoms with Gasteiger partial charge in [-0.05, 0) is 84.1 Å². The van der Waals surface area contributed by atoms with Gasteiger partial charge in [-0.15, -0.1) is 0 Å². The van der Waals surface area contributed by atoms with Crippen LogP contribution in [0.2, 0.25) is 5.02 Å². The second-order valence-electron chi connectivity index (χ2n) is 10.2. The first-order chi connectivity index (χ1) is 19.4. The zero-order valence-electron chi connectivity index (χ0n) is 21.7. The maximum absolute atomic E-state index is 12.2. The van der Waals surface area contributed by atoms with Crippen molar-refractivity contribution < 1.29 is 19.4 Å². The van der Waals surface area contributed by atoms with Gasteiger partial charge in [-0.2, -0.15) is 0 Å². The molecule has 3 aromatic rings. The fourth-order valence-corrected chi connectivity index (χ4v) is 6.27. The molecule has 2 fully saturated rings. The predicted octanol–water partition coefficient (Wildman–Crippen LogP) is 6.16. The summed E-state index contributed by atoms with van der Waals surface area (Å²) in [6.07, 6.45) is 8.48. The van der Waals surface area contributed by atoms with Crippen LogP contribution in [0.1, 0.15) is 41.5 Å². The van der Waals surface area contributed by atoms with Gasteiger partial charge in [0.2, 0.25) is 5.88 Å². The zero-order chi connectivity index (χ0) is 27.7. The van der Waals surface area contributed by atoms with Crippen LogP contribution < -0.4 is 10.1 Å². The average molecular weight is 574 g/mol. The third-order valence-corrected chi connectivity index (χ3v) is 8.75. The summed E-state index contributed by atoms with van der Waals surface area (Å²) in [6.45, 7) is 2.49. The number of pyridine rings is 1. The lowest BCUT2D eigenvalue weighted by atomic mass is 9.84. The molecule has 0 atom stereocenters. The summed E-state index contributed by atoms with van der Waals surface area (Å²) in [5.41, 5.74) is 3.91. The molecule has 2 aromatic carbocycles. The Hall–Kier alpha value is -3.43. The second kappa shape index (κ2) is 11.2. The maximum atomic E-state index is 12.2. The highest BCUT2D eigenvalue weighted by molar-refractivity contribution is 8.18. The number of benzene rings is 2. The van der Waals surface area contributed by atoms with E-state index in [9.17, 15) is 14.7 Å². The van der Waals surface area contributed by atoms with E-state index in [1.165, 1.54) is 0 Å². The van der Waals surface area contributed by atoms with Crippen LogP contribution >= 0.6 is 23.4 Å². The molecule has 0 unspecified atom stereocenters. The second-order valence-corrected chi connectivity index (χ2v) is 11.7. The first kappa shape index (κ1) is 26.8. The molecule has 6 rings (SSSR count). The molecule has 2 amide bonds. The third-order valence-electron chi connectivity index (χ3n) is 7.69. The van der Waals surface area contributed by atoms with Gasteiger partial charge in [-0.3, -0.25) is 14.9 Å². The lowest BCUT2D eigenvalue weighted by Gasteiger charge is -2.38. The molecule has 40 heavy (non-hydrogen) atoms. The summed E-state index contributed by atoms with van der Waals surface area (Å²) in [5, 5.41) is 13.8. The summed E-state index contributed by atoms with van der Waals surface area (Å²) in [5.74, 6) is 0.851. The van der Waals surface area contributed by atoms with Gasteiger partial charge >= 0.3 is 0 Å². The molecule has 7 nitrogen and oxygen atoms in total. The summed E-state index contributed by atoms with van der Waals surface area (Å²) in [4.78, 5) is 31.1. The topological polar surface area (TPSA) is 91.8 Å². The van der Waals surface area contributed by atoms with Crippen LogP contribution in [0.5, 0.6) is 11.6 Å². The molecule has 0 spiro atoms. The van der Waals surface area contributed by atoms with Crippen molar-refractivity contribution in [3.63, 3.8) is 0 Å². The number of likely N-dealkylation sites (tertiary alicyclic amines) is 1. The number of ether oxygens (including phenoxy) is 1. The quantitative estimate of drug-likeness (QED) is 0.353. The monoisotopic (exact) mass is 573 g/mol. The molecule has 0 bridgehead atoms. The zero-order valence-corrected chi connectivity index (χ0v) is 23.3. The summed E-state index contributed by atoms with van der Waals surface area (Å²) < 4.78 is 6.25. The average Bonchev–Trinajstić information content (AvgIpc) is 3.17. The lowest BCUT2D eigenvalue weighted by Crippen LogP contribution is -2.42. The number of aliphatic hydroxyl groups is 1. The van der Waals surface area contributed by atoms with Crippen molar-refractivity contribution >= 4 is 46.2 Å². The Balaban J connectivity index is 1.20. The number of rotatable bonds is 5. The Kier molecular flexibility index (Phi) is 7.51. The van der Waals surface area contributed by atoms with Crippen LogP contribution in [0.25, 0.3) is 11.6 Å². The first-order valence-electron chi connectivity index (χ1n) is 13.3. The SMILES string of the molecule is O=C1NC(=O)C(=Cc2cccc3c2CC(=CCCN2CCC(O)(c4ccc(Cl)cc4)CC2)c2cccnc2O3)S1. The number of hydrogen-bond acceptors (Lipinski definition) is 7. The van der Waals surface area contributed by atoms with E-state index < -0.39 is 5.60 Å². The van der Waals surface area contributed by atoms with E-state index in [4.69, 9.17) is 16.3 Å². The predicted molar refractivity (Wildman–Crippen MR) is 157 cm³/mol. The molecule has 204 valence electrons. The molecule has 2 saturated heterocycles. The van der Waals surface area contributed by atoms with Gasteiger partial charge in [-0.25, -0.2) is 4.98 Å². The number of nitrogens with zero attached hydrogens (tertiary/aromatic N) is 2. The Bertz CT molecular complexity index is 1530. The Morgan fingerprint density at radius 3 is 2.65 bits per heavy atom. The minimum absolute atomic E-state index is 0.365. The number of piperidine rings is 1. The van der Waals surface area contributed by atoms with Crippen LogP contribution in [0, 0.1) is 0 Å². The van der Waals surface area contributed by atoms with Crippen molar-refractivity contribution in [3.05, 3.63) is 99.1 Å². The van der Waals surface area contributed by atoms with Crippen molar-refractivity contribution in [1.29, 1.82) is 0 Å². The number of halogens is 1. The number of hydrogen-bond donors (Lipinski definition) is 2. The number of thioether (sulfide) groups is 1. The number of nitrogens with one attached hydrogen (secondary N) is 1. The molecular weight excluding hydrogens is 546 g/mol. The summed E-state index contributed by atoms with van der Waals surface area (Å²) in [7, 11) is 0. The number of carbonyl (C=O) groups is 2. The fraction of sp³-hybridized carbons (Fsp3) is 0.258. The van der Waals surface area contributed by atoms with E-state index in [0.717, 1.165) is 65.6 Å². The first-order valence-corrected chi connectivity index (χ1v) is 14.5. The van der Waals surface area contributed by atoms with Gasteiger partial charge in [0.1, 0.15) is 5.75 Å². The van der Waals surface area contributed by atoms with Gasteiger partial charge in [-0.1, -0.05) is 41.9 Å². The van der Waals surface area contributed by atoms with Crippen LogP contribution in [-0.4, -0.2) is 45.8 Å². The van der Waals surface area contributed by atoms with E-state index in [1.54, 1.807) is 12.3 Å². The number of carbonyl (C=O) groups excluding carboxylic acids is 2. The molecular formula is C31H28ClN3O4S. The number of aromatic nitrogens is 1. The van der Waals surface area contributed by atoms with E-state index in [1.807, 2.05) is 54.6 Å². The van der Waals surface area contributed by atoms with Crippen LogP contribution in [0.4, 0.5) is 4.79 Å². The van der Waals surface area contributed by atoms with E-state index >= 15 is 0 Å². The number of allylic oxidation sites excluding steroid dienone is 1. The van der Waals surface area contributed by atoms with Gasteiger partial charge in [0.25, 0.3) is 11.1 Å². The number of imide groups is 1. The highest BCUT2D eigenvalue weighted by atomic mass is 35.5. The van der Waals surface area contributed by atoms with Gasteiger partial charge < -0.3 is 14.7 Å². The molecule has 0 saturated carbocycles. The fourth-order valence-electron chi connectivity index (χ4n) is 5.47. The van der Waals surface area contributed by atoms with Crippen molar-refractivity contribution in [1.82, 2.24) is 15.2 Å². The van der Waals surface area contributed by atoms with Crippen molar-refractivity contribution in [3.8, 4) is 11.6 Å². The minimum atomic E-state index is -0.823. The van der Waals surface area contributed by atoms with Crippen molar-refractivity contribution in [2.45, 2.75) is 31.3 Å². The normalized spacial score (nSPS) is 20.6. The Morgan fingerprint density at radius 2 is 1.90 bits per heavy atom. The molecule has 3 aliphatic heterocycles. The smallest absolute Gasteiger partial charge is 0.290 e. The van der Waals surface area contributed by atoms with E-state index in [0.29, 0.717) is 40.8 Å². The summed E-state index contributed by atoms with van der Waals surface area (Å²) >= 11 is 6.93. The lowest BCUT2D eigenvalue weighted by molar-refractivity contribution is -0.115. The van der Waals surface area contributed by atoms with Crippen molar-refractivity contribution in [2.75, 3.05) is 19.6 Å². The van der Waals surface area contributed by atoms with Crippen LogP contribution in [-0.2, 0) is 16.8 Å². The Morgan fingerprint density at radius 1 is 1.10 bits per heavy atom. The molecule has 0 aliphatic carbocycles. The number of amides is 2. The molecule has 4 heterocycles. The number of fused-ring (bicyclic) bond motifs is 2. The highest BCUT2D eigenvalue weighted by Crippen LogP contribution is 2.40. The van der Waals surface area contributed by atoms with Gasteiger partial charge in [0.15, 0.2) is 0 Å². The van der Waals surface area contributed by atoms with E-state index in [-0.39, 0.29) is 11.1 Å². The largest absolute Gasteiger partial charge is 0.438 e. The maximum Gasteiger partial charge on any atom is 0.290 e. The van der Waals surface area contributed by atoms with Crippen LogP contribution in [0.15, 0.2) is 71.8 Å². The van der Waals surface area contributed by atoms with Crippen LogP contribution in [0.3, 0.4) is 0 Å². The molecule has 3 aliphatic rings. The third kappa shape index (κ3) is 5.58. The minimum Gasteiger partial charge on any atom is -0.438 e. The van der Waals surface area contributed by atoms with Gasteiger partial charge in [0, 0.05) is 48.4 Å². The molecule has 0 radical (unpaired) electrons. The molecule has 9 heteroatoms. The Labute approximate surface area is 241 Å². The molecule has 2 N–H and O–H groups in total. The van der Waals surface area contributed by atoms with Crippen molar-refractivity contribution in [2.24, 2.45) is 0 Å². The van der Waals surface area contributed by atoms with Gasteiger partial charge in [0.05, 0.1) is 10.5 Å². The molecule has 1 aromatic heterocycles. The standard InChI is InChI=1S/C31H28ClN3O4S/c32-23-10-8-22(9-11-23)31(38)12-16-35(17-13-31)15-3-5-20-18-25-21(19-27-28(36)34-30(37)40-27)4-1-7-26(25)39-29-24(20)6-2-14-33-29/h1-2,4-11,14,19,38H,3,12-13,15-18H2,(H,34,36,37).